The van der Waals surface area contributed by atoms with E-state index >= 15 is 0 Å². The van der Waals surface area contributed by atoms with E-state index in [1.54, 1.807) is 0 Å². The van der Waals surface area contributed by atoms with Crippen LogP contribution in [0.2, 0.25) is 0 Å². The third-order valence-electron chi connectivity index (χ3n) is 2.57. The molecule has 0 radical (unpaired) electrons. The summed E-state index contributed by atoms with van der Waals surface area (Å²) in [7, 11) is 4.15. The van der Waals surface area contributed by atoms with Gasteiger partial charge in [0.25, 0.3) is 0 Å². The van der Waals surface area contributed by atoms with Crippen LogP contribution in [0, 0.1) is 5.92 Å². The largest absolute Gasteiger partial charge is 0.370 e. The highest BCUT2D eigenvalue weighted by molar-refractivity contribution is 5.78. The Labute approximate surface area is 92.9 Å². The van der Waals surface area contributed by atoms with Crippen molar-refractivity contribution in [3.63, 3.8) is 0 Å². The quantitative estimate of drug-likeness (QED) is 0.519. The first kappa shape index (κ1) is 12.3. The van der Waals surface area contributed by atoms with Crippen molar-refractivity contribution in [2.45, 2.75) is 38.8 Å². The van der Waals surface area contributed by atoms with Crippen LogP contribution in [0.1, 0.15) is 26.7 Å². The highest BCUT2D eigenvalue weighted by Crippen LogP contribution is 2.23. The van der Waals surface area contributed by atoms with Crippen LogP contribution in [-0.4, -0.2) is 43.6 Å². The molecule has 0 aromatic rings. The Balaban J connectivity index is 2.41. The maximum Gasteiger partial charge on any atom is 0.189 e. The summed E-state index contributed by atoms with van der Waals surface area (Å²) in [6, 6.07) is 0.868. The summed E-state index contributed by atoms with van der Waals surface area (Å²) < 4.78 is 0. The molecule has 1 aliphatic rings. The van der Waals surface area contributed by atoms with E-state index in [2.05, 4.69) is 43.2 Å². The van der Waals surface area contributed by atoms with Gasteiger partial charge >= 0.3 is 0 Å². The van der Waals surface area contributed by atoms with Gasteiger partial charge in [-0.2, -0.15) is 0 Å². The SMILES string of the molecule is CC(C)C(CN(C)C)NC(N)=NC1CC1. The molecule has 1 aliphatic carbocycles. The maximum atomic E-state index is 5.85. The lowest BCUT2D eigenvalue weighted by Crippen LogP contribution is -2.48. The Morgan fingerprint density at radius 2 is 2.07 bits per heavy atom. The number of nitrogens with two attached hydrogens (primary N) is 1. The topological polar surface area (TPSA) is 53.6 Å². The summed E-state index contributed by atoms with van der Waals surface area (Å²) in [6.07, 6.45) is 2.39. The molecule has 1 atom stereocenters. The van der Waals surface area contributed by atoms with E-state index in [0.717, 1.165) is 6.54 Å². The highest BCUT2D eigenvalue weighted by atomic mass is 15.2. The summed E-state index contributed by atoms with van der Waals surface area (Å²) in [5.41, 5.74) is 5.85. The summed E-state index contributed by atoms with van der Waals surface area (Å²) in [4.78, 5) is 6.55. The van der Waals surface area contributed by atoms with E-state index in [1.165, 1.54) is 12.8 Å². The molecule has 4 nitrogen and oxygen atoms in total. The molecule has 1 fully saturated rings. The standard InChI is InChI=1S/C11H24N4/c1-8(2)10(7-15(3)4)14-11(12)13-9-5-6-9/h8-10H,5-7H2,1-4H3,(H3,12,13,14). The van der Waals surface area contributed by atoms with Crippen LogP contribution in [0.3, 0.4) is 0 Å². The van der Waals surface area contributed by atoms with Crippen molar-refractivity contribution in [2.24, 2.45) is 16.6 Å². The van der Waals surface area contributed by atoms with Crippen LogP contribution >= 0.6 is 0 Å². The minimum absolute atomic E-state index is 0.377. The van der Waals surface area contributed by atoms with Crippen molar-refractivity contribution in [3.8, 4) is 0 Å². The van der Waals surface area contributed by atoms with Crippen LogP contribution < -0.4 is 11.1 Å². The van der Waals surface area contributed by atoms with E-state index in [0.29, 0.717) is 24.0 Å². The molecule has 0 heterocycles. The van der Waals surface area contributed by atoms with Crippen molar-refractivity contribution < 1.29 is 0 Å². The predicted octanol–water partition coefficient (Wildman–Crippen LogP) is 0.639. The van der Waals surface area contributed by atoms with Gasteiger partial charge in [-0.05, 0) is 32.9 Å². The van der Waals surface area contributed by atoms with Gasteiger partial charge in [-0.3, -0.25) is 4.99 Å². The van der Waals surface area contributed by atoms with Gasteiger partial charge in [0, 0.05) is 12.6 Å². The molecule has 1 unspecified atom stereocenters. The third kappa shape index (κ3) is 5.02. The van der Waals surface area contributed by atoms with Gasteiger partial charge in [-0.1, -0.05) is 13.8 Å². The van der Waals surface area contributed by atoms with Gasteiger partial charge in [0.15, 0.2) is 5.96 Å². The Morgan fingerprint density at radius 1 is 1.47 bits per heavy atom. The number of hydrogen-bond acceptors (Lipinski definition) is 2. The van der Waals surface area contributed by atoms with Crippen molar-refractivity contribution in [1.29, 1.82) is 0 Å². The molecule has 3 N–H and O–H groups in total. The molecule has 88 valence electrons. The van der Waals surface area contributed by atoms with E-state index in [-0.39, 0.29) is 0 Å². The van der Waals surface area contributed by atoms with Gasteiger partial charge in [-0.15, -0.1) is 0 Å². The molecule has 0 spiro atoms. The molecule has 0 saturated heterocycles. The number of rotatable bonds is 5. The number of nitrogens with zero attached hydrogens (tertiary/aromatic N) is 2. The Hall–Kier alpha value is -0.770. The van der Waals surface area contributed by atoms with E-state index in [1.807, 2.05) is 0 Å². The first-order valence-corrected chi connectivity index (χ1v) is 5.73. The average molecular weight is 212 g/mol. The Kier molecular flexibility index (Phi) is 4.39. The van der Waals surface area contributed by atoms with Crippen LogP contribution in [0.25, 0.3) is 0 Å². The third-order valence-corrected chi connectivity index (χ3v) is 2.57. The van der Waals surface area contributed by atoms with Gasteiger partial charge in [-0.25, -0.2) is 0 Å². The summed E-state index contributed by atoms with van der Waals surface area (Å²) in [6.45, 7) is 5.38. The second kappa shape index (κ2) is 5.35. The molecule has 1 rings (SSSR count). The second-order valence-corrected chi connectivity index (χ2v) is 5.00. The zero-order valence-corrected chi connectivity index (χ0v) is 10.3. The van der Waals surface area contributed by atoms with Crippen molar-refractivity contribution in [2.75, 3.05) is 20.6 Å². The van der Waals surface area contributed by atoms with Crippen molar-refractivity contribution >= 4 is 5.96 Å². The molecule has 0 aromatic heterocycles. The smallest absolute Gasteiger partial charge is 0.189 e. The Bertz CT molecular complexity index is 219. The monoisotopic (exact) mass is 212 g/mol. The molecule has 0 amide bonds. The number of aliphatic imine (C=N–C) groups is 1. The maximum absolute atomic E-state index is 5.85. The summed E-state index contributed by atoms with van der Waals surface area (Å²) in [5, 5.41) is 3.31. The Morgan fingerprint density at radius 3 is 2.47 bits per heavy atom. The number of hydrogen-bond donors (Lipinski definition) is 2. The lowest BCUT2D eigenvalue weighted by Gasteiger charge is -2.26. The van der Waals surface area contributed by atoms with Gasteiger partial charge in [0.2, 0.25) is 0 Å². The van der Waals surface area contributed by atoms with Gasteiger partial charge in [0.05, 0.1) is 6.04 Å². The van der Waals surface area contributed by atoms with E-state index in [4.69, 9.17) is 5.73 Å². The van der Waals surface area contributed by atoms with Crippen LogP contribution in [0.15, 0.2) is 4.99 Å². The predicted molar refractivity (Wildman–Crippen MR) is 65.0 cm³/mol. The fraction of sp³-hybridized carbons (Fsp3) is 0.909. The molecule has 0 aromatic carbocycles. The fourth-order valence-electron chi connectivity index (χ4n) is 1.44. The van der Waals surface area contributed by atoms with Crippen molar-refractivity contribution in [1.82, 2.24) is 10.2 Å². The van der Waals surface area contributed by atoms with Crippen LogP contribution in [-0.2, 0) is 0 Å². The minimum atomic E-state index is 0.377. The molecule has 0 aliphatic heterocycles. The zero-order valence-electron chi connectivity index (χ0n) is 10.3. The molecular formula is C11H24N4. The first-order valence-electron chi connectivity index (χ1n) is 5.73. The lowest BCUT2D eigenvalue weighted by atomic mass is 10.0. The van der Waals surface area contributed by atoms with E-state index in [9.17, 15) is 0 Å². The zero-order chi connectivity index (χ0) is 11.4. The average Bonchev–Trinajstić information content (AvgIpc) is 2.85. The van der Waals surface area contributed by atoms with Crippen molar-refractivity contribution in [3.05, 3.63) is 0 Å². The fourth-order valence-corrected chi connectivity index (χ4v) is 1.44. The summed E-state index contributed by atoms with van der Waals surface area (Å²) in [5.74, 6) is 1.17. The highest BCUT2D eigenvalue weighted by Gasteiger charge is 2.21. The van der Waals surface area contributed by atoms with Gasteiger partial charge < -0.3 is 16.0 Å². The molecule has 4 heteroatoms. The first-order chi connectivity index (χ1) is 6.99. The minimum Gasteiger partial charge on any atom is -0.370 e. The lowest BCUT2D eigenvalue weighted by molar-refractivity contribution is 0.312. The number of likely N-dealkylation sites (N-methyl/N-ethyl adjacent to an activating group) is 1. The molecule has 15 heavy (non-hydrogen) atoms. The van der Waals surface area contributed by atoms with Gasteiger partial charge in [0.1, 0.15) is 0 Å². The number of guanidine groups is 1. The normalized spacial score (nSPS) is 19.7. The summed E-state index contributed by atoms with van der Waals surface area (Å²) >= 11 is 0. The van der Waals surface area contributed by atoms with E-state index < -0.39 is 0 Å². The molecule has 0 bridgehead atoms. The van der Waals surface area contributed by atoms with Crippen LogP contribution in [0.5, 0.6) is 0 Å². The number of nitrogens with one attached hydrogen (secondary N) is 1. The molecular weight excluding hydrogens is 188 g/mol. The molecule has 1 saturated carbocycles. The second-order valence-electron chi connectivity index (χ2n) is 5.00. The van der Waals surface area contributed by atoms with Crippen LogP contribution in [0.4, 0.5) is 0 Å².